The average Bonchev–Trinajstić information content (AvgIpc) is 2.78. The Balaban J connectivity index is 2.40. The van der Waals surface area contributed by atoms with Gasteiger partial charge in [0.05, 0.1) is 11.9 Å². The molecule has 0 bridgehead atoms. The molecule has 2 rings (SSSR count). The number of benzene rings is 2. The molecule has 1 unspecified atom stereocenters. The van der Waals surface area contributed by atoms with Crippen LogP contribution >= 0.6 is 27.5 Å². The Morgan fingerprint density at radius 3 is 2.29 bits per heavy atom. The summed E-state index contributed by atoms with van der Waals surface area (Å²) in [7, 11) is -3.77. The van der Waals surface area contributed by atoms with Crippen LogP contribution in [0.4, 0.5) is 5.69 Å². The lowest BCUT2D eigenvalue weighted by Gasteiger charge is -2.33. The van der Waals surface area contributed by atoms with Crippen molar-refractivity contribution in [2.24, 2.45) is 0 Å². The lowest BCUT2D eigenvalue weighted by Crippen LogP contribution is -2.52. The van der Waals surface area contributed by atoms with Gasteiger partial charge in [0.1, 0.15) is 12.6 Å². The van der Waals surface area contributed by atoms with Gasteiger partial charge in [-0.25, -0.2) is 8.42 Å². The molecule has 1 N–H and O–H groups in total. The molecule has 10 heteroatoms. The van der Waals surface area contributed by atoms with E-state index < -0.39 is 28.5 Å². The van der Waals surface area contributed by atoms with E-state index in [9.17, 15) is 18.0 Å². The fourth-order valence-corrected chi connectivity index (χ4v) is 4.77. The van der Waals surface area contributed by atoms with E-state index in [1.165, 1.54) is 4.90 Å². The van der Waals surface area contributed by atoms with Gasteiger partial charge in [0.15, 0.2) is 0 Å². The summed E-state index contributed by atoms with van der Waals surface area (Å²) < 4.78 is 27.0. The van der Waals surface area contributed by atoms with Crippen molar-refractivity contribution in [3.8, 4) is 0 Å². The molecule has 0 radical (unpaired) electrons. The van der Waals surface area contributed by atoms with Crippen LogP contribution in [0, 0.1) is 0 Å². The van der Waals surface area contributed by atoms with Crippen LogP contribution in [-0.2, 0) is 26.2 Å². The van der Waals surface area contributed by atoms with Crippen molar-refractivity contribution in [2.75, 3.05) is 23.7 Å². The second kappa shape index (κ2) is 13.1. The van der Waals surface area contributed by atoms with Crippen molar-refractivity contribution in [1.29, 1.82) is 0 Å². The number of carbonyl (C=O) groups excluding carboxylic acids is 2. The van der Waals surface area contributed by atoms with Crippen LogP contribution in [0.1, 0.15) is 38.7 Å². The van der Waals surface area contributed by atoms with Crippen LogP contribution in [-0.4, -0.2) is 50.5 Å². The van der Waals surface area contributed by atoms with Crippen molar-refractivity contribution in [1.82, 2.24) is 10.2 Å². The third-order valence-corrected chi connectivity index (χ3v) is 7.35. The zero-order valence-electron chi connectivity index (χ0n) is 19.6. The van der Waals surface area contributed by atoms with Crippen LogP contribution in [0.3, 0.4) is 0 Å². The molecular weight excluding hydrogens is 542 g/mol. The molecule has 0 aliphatic carbocycles. The van der Waals surface area contributed by atoms with Gasteiger partial charge in [-0.2, -0.15) is 0 Å². The predicted molar refractivity (Wildman–Crippen MR) is 140 cm³/mol. The molecule has 34 heavy (non-hydrogen) atoms. The van der Waals surface area contributed by atoms with Gasteiger partial charge in [0.25, 0.3) is 0 Å². The molecule has 186 valence electrons. The largest absolute Gasteiger partial charge is 0.354 e. The molecular formula is C24H31BrClN3O4S. The minimum absolute atomic E-state index is 0.0795. The first-order valence-corrected chi connectivity index (χ1v) is 14.1. The first-order valence-electron chi connectivity index (χ1n) is 11.1. The topological polar surface area (TPSA) is 86.8 Å². The molecule has 0 aliphatic rings. The van der Waals surface area contributed by atoms with Crippen LogP contribution in [0.5, 0.6) is 0 Å². The van der Waals surface area contributed by atoms with Crippen LogP contribution in [0.15, 0.2) is 53.0 Å². The van der Waals surface area contributed by atoms with Gasteiger partial charge >= 0.3 is 0 Å². The minimum Gasteiger partial charge on any atom is -0.354 e. The van der Waals surface area contributed by atoms with Crippen LogP contribution in [0.25, 0.3) is 0 Å². The minimum atomic E-state index is -3.77. The first-order chi connectivity index (χ1) is 16.1. The molecule has 0 aliphatic heterocycles. The van der Waals surface area contributed by atoms with Gasteiger partial charge in [-0.15, -0.1) is 0 Å². The number of hydrogen-bond acceptors (Lipinski definition) is 4. The highest BCUT2D eigenvalue weighted by atomic mass is 79.9. The molecule has 0 spiro atoms. The van der Waals surface area contributed by atoms with Crippen molar-refractivity contribution >= 4 is 55.1 Å². The molecule has 2 aromatic rings. The Morgan fingerprint density at radius 2 is 1.74 bits per heavy atom. The Bertz CT molecular complexity index is 1080. The number of nitrogens with zero attached hydrogens (tertiary/aromatic N) is 2. The quantitative estimate of drug-likeness (QED) is 0.377. The number of carbonyl (C=O) groups is 2. The fraction of sp³-hybridized carbons (Fsp3) is 0.417. The van der Waals surface area contributed by atoms with E-state index in [2.05, 4.69) is 21.2 Å². The molecule has 2 aromatic carbocycles. The molecule has 0 saturated carbocycles. The summed E-state index contributed by atoms with van der Waals surface area (Å²) >= 11 is 9.68. The van der Waals surface area contributed by atoms with Gasteiger partial charge in [0.2, 0.25) is 21.8 Å². The van der Waals surface area contributed by atoms with Crippen molar-refractivity contribution in [2.45, 2.75) is 45.7 Å². The molecule has 0 aromatic heterocycles. The van der Waals surface area contributed by atoms with Crippen LogP contribution < -0.4 is 9.62 Å². The van der Waals surface area contributed by atoms with Gasteiger partial charge in [-0.3, -0.25) is 13.9 Å². The zero-order chi connectivity index (χ0) is 25.3. The summed E-state index contributed by atoms with van der Waals surface area (Å²) in [6.07, 6.45) is 3.17. The maximum atomic E-state index is 13.6. The highest BCUT2D eigenvalue weighted by Gasteiger charge is 2.31. The van der Waals surface area contributed by atoms with E-state index in [-0.39, 0.29) is 12.5 Å². The summed E-state index contributed by atoms with van der Waals surface area (Å²) in [6, 6.07) is 13.0. The van der Waals surface area contributed by atoms with Gasteiger partial charge < -0.3 is 10.2 Å². The summed E-state index contributed by atoms with van der Waals surface area (Å²) in [5, 5.41) is 3.36. The standard InChI is InChI=1S/C24H31BrClN3O4S/c1-4-6-15-27-24(31)22(5-2)28(16-18-9-7-8-10-21(18)26)23(30)17-29(34(3,32)33)20-13-11-19(25)12-14-20/h7-14,22H,4-6,15-17H2,1-3H3,(H,27,31). The van der Waals surface area contributed by atoms with Crippen LogP contribution in [0.2, 0.25) is 5.02 Å². The molecule has 7 nitrogen and oxygen atoms in total. The number of hydrogen-bond donors (Lipinski definition) is 1. The molecule has 0 fully saturated rings. The third kappa shape index (κ3) is 7.99. The van der Waals surface area contributed by atoms with Gasteiger partial charge in [-0.05, 0) is 48.7 Å². The van der Waals surface area contributed by atoms with Crippen molar-refractivity contribution < 1.29 is 18.0 Å². The van der Waals surface area contributed by atoms with E-state index in [4.69, 9.17) is 11.6 Å². The smallest absolute Gasteiger partial charge is 0.244 e. The second-order valence-corrected chi connectivity index (χ2v) is 11.2. The number of nitrogens with one attached hydrogen (secondary N) is 1. The average molecular weight is 573 g/mol. The zero-order valence-corrected chi connectivity index (χ0v) is 22.8. The number of sulfonamides is 1. The Labute approximate surface area is 215 Å². The van der Waals surface area contributed by atoms with Gasteiger partial charge in [0, 0.05) is 22.6 Å². The Kier molecular flexibility index (Phi) is 10.9. The predicted octanol–water partition coefficient (Wildman–Crippen LogP) is 4.59. The number of unbranched alkanes of at least 4 members (excludes halogenated alkanes) is 1. The van der Waals surface area contributed by atoms with Crippen molar-refractivity contribution in [3.05, 3.63) is 63.6 Å². The number of anilines is 1. The monoisotopic (exact) mass is 571 g/mol. The second-order valence-electron chi connectivity index (χ2n) is 7.93. The first kappa shape index (κ1) is 28.1. The summed E-state index contributed by atoms with van der Waals surface area (Å²) in [4.78, 5) is 28.0. The number of amides is 2. The Morgan fingerprint density at radius 1 is 1.09 bits per heavy atom. The fourth-order valence-electron chi connectivity index (χ4n) is 3.46. The summed E-state index contributed by atoms with van der Waals surface area (Å²) in [6.45, 7) is 3.99. The molecule has 2 amide bonds. The lowest BCUT2D eigenvalue weighted by atomic mass is 10.1. The highest BCUT2D eigenvalue weighted by Crippen LogP contribution is 2.23. The molecule has 0 heterocycles. The highest BCUT2D eigenvalue weighted by molar-refractivity contribution is 9.10. The van der Waals surface area contributed by atoms with E-state index in [1.54, 1.807) is 48.5 Å². The van der Waals surface area contributed by atoms with Crippen molar-refractivity contribution in [3.63, 3.8) is 0 Å². The lowest BCUT2D eigenvalue weighted by molar-refractivity contribution is -0.140. The molecule has 0 saturated heterocycles. The van der Waals surface area contributed by atoms with E-state index in [1.807, 2.05) is 13.8 Å². The van der Waals surface area contributed by atoms with E-state index in [0.29, 0.717) is 29.2 Å². The van der Waals surface area contributed by atoms with E-state index >= 15 is 0 Å². The summed E-state index contributed by atoms with van der Waals surface area (Å²) in [5.74, 6) is -0.767. The van der Waals surface area contributed by atoms with E-state index in [0.717, 1.165) is 27.9 Å². The Hall–Kier alpha value is -2.10. The third-order valence-electron chi connectivity index (χ3n) is 5.31. The number of halogens is 2. The normalized spacial score (nSPS) is 12.1. The SMILES string of the molecule is CCCCNC(=O)C(CC)N(Cc1ccccc1Cl)C(=O)CN(c1ccc(Br)cc1)S(C)(=O)=O. The maximum absolute atomic E-state index is 13.6. The maximum Gasteiger partial charge on any atom is 0.244 e. The molecule has 1 atom stereocenters. The van der Waals surface area contributed by atoms with Gasteiger partial charge in [-0.1, -0.05) is 66.0 Å². The summed E-state index contributed by atoms with van der Waals surface area (Å²) in [5.41, 5.74) is 1.03. The number of rotatable bonds is 12.